The Morgan fingerprint density at radius 2 is 1.65 bits per heavy atom. The molecule has 1 heterocycles. The molecule has 3 rings (SSSR count). The lowest BCUT2D eigenvalue weighted by atomic mass is 9.94. The summed E-state index contributed by atoms with van der Waals surface area (Å²) < 4.78 is 14.6. The monoisotopic (exact) mass is 318 g/mol. The zero-order chi connectivity index (χ0) is 16.1. The standard InChI is InChI=1S/C20H31FN2/c1-16(22-18-9-5-4-6-10-18)17-11-12-20(19(21)15-17)23-13-7-2-3-8-14-23/h11-12,15-16,18,22H,2-10,13-14H2,1H3/t16-/m1/s1. The summed E-state index contributed by atoms with van der Waals surface area (Å²) in [6.07, 6.45) is 11.5. The van der Waals surface area contributed by atoms with Crippen LogP contribution < -0.4 is 10.2 Å². The molecule has 1 aromatic carbocycles. The average molecular weight is 318 g/mol. The van der Waals surface area contributed by atoms with Gasteiger partial charge in [0.25, 0.3) is 0 Å². The van der Waals surface area contributed by atoms with E-state index in [2.05, 4.69) is 23.2 Å². The number of hydrogen-bond acceptors (Lipinski definition) is 2. The molecular weight excluding hydrogens is 287 g/mol. The average Bonchev–Trinajstić information content (AvgIpc) is 2.85. The number of anilines is 1. The van der Waals surface area contributed by atoms with Crippen LogP contribution in [0.15, 0.2) is 18.2 Å². The van der Waals surface area contributed by atoms with Gasteiger partial charge >= 0.3 is 0 Å². The Labute approximate surface area is 140 Å². The first-order valence-corrected chi connectivity index (χ1v) is 9.54. The van der Waals surface area contributed by atoms with Gasteiger partial charge in [-0.25, -0.2) is 4.39 Å². The highest BCUT2D eigenvalue weighted by atomic mass is 19.1. The van der Waals surface area contributed by atoms with Gasteiger partial charge in [-0.1, -0.05) is 38.2 Å². The Hall–Kier alpha value is -1.09. The molecule has 3 heteroatoms. The molecule has 23 heavy (non-hydrogen) atoms. The van der Waals surface area contributed by atoms with Crippen LogP contribution in [0.3, 0.4) is 0 Å². The van der Waals surface area contributed by atoms with Crippen LogP contribution in [0, 0.1) is 5.82 Å². The van der Waals surface area contributed by atoms with Gasteiger partial charge in [0.15, 0.2) is 0 Å². The lowest BCUT2D eigenvalue weighted by Crippen LogP contribution is -2.33. The molecular formula is C20H31FN2. The normalized spacial score (nSPS) is 21.9. The summed E-state index contributed by atoms with van der Waals surface area (Å²) in [6.45, 7) is 4.15. The fourth-order valence-corrected chi connectivity index (χ4v) is 4.08. The molecule has 2 aliphatic rings. The number of hydrogen-bond donors (Lipinski definition) is 1. The highest BCUT2D eigenvalue weighted by Gasteiger charge is 2.19. The molecule has 0 aromatic heterocycles. The van der Waals surface area contributed by atoms with Crippen LogP contribution in [0.1, 0.15) is 76.3 Å². The Morgan fingerprint density at radius 3 is 2.30 bits per heavy atom. The number of halogens is 1. The van der Waals surface area contributed by atoms with Gasteiger partial charge in [0.05, 0.1) is 5.69 Å². The molecule has 1 saturated heterocycles. The zero-order valence-electron chi connectivity index (χ0n) is 14.5. The van der Waals surface area contributed by atoms with Crippen molar-refractivity contribution in [1.29, 1.82) is 0 Å². The first-order valence-electron chi connectivity index (χ1n) is 9.54. The molecule has 0 radical (unpaired) electrons. The van der Waals surface area contributed by atoms with E-state index in [1.165, 1.54) is 57.8 Å². The van der Waals surface area contributed by atoms with Crippen molar-refractivity contribution in [3.8, 4) is 0 Å². The highest BCUT2D eigenvalue weighted by molar-refractivity contribution is 5.49. The molecule has 128 valence electrons. The topological polar surface area (TPSA) is 15.3 Å². The predicted octanol–water partition coefficient (Wildman–Crippen LogP) is 5.19. The third-order valence-electron chi connectivity index (χ3n) is 5.51. The van der Waals surface area contributed by atoms with Crippen LogP contribution in [-0.4, -0.2) is 19.1 Å². The molecule has 0 unspecified atom stereocenters. The third-order valence-corrected chi connectivity index (χ3v) is 5.51. The summed E-state index contributed by atoms with van der Waals surface area (Å²) in [7, 11) is 0. The minimum Gasteiger partial charge on any atom is -0.369 e. The Bertz CT molecular complexity index is 488. The van der Waals surface area contributed by atoms with Crippen molar-refractivity contribution in [3.05, 3.63) is 29.6 Å². The third kappa shape index (κ3) is 4.47. The SMILES string of the molecule is C[C@@H](NC1CCCCC1)c1ccc(N2CCCCCC2)c(F)c1. The number of rotatable bonds is 4. The number of nitrogens with one attached hydrogen (secondary N) is 1. The minimum absolute atomic E-state index is 0.0540. The molecule has 0 bridgehead atoms. The maximum atomic E-state index is 14.6. The zero-order valence-corrected chi connectivity index (χ0v) is 14.5. The van der Waals surface area contributed by atoms with Gasteiger partial charge < -0.3 is 10.2 Å². The van der Waals surface area contributed by atoms with Gasteiger partial charge in [-0.2, -0.15) is 0 Å². The molecule has 1 aliphatic carbocycles. The Kier molecular flexibility index (Phi) is 5.93. The van der Waals surface area contributed by atoms with E-state index >= 15 is 0 Å². The van der Waals surface area contributed by atoms with Crippen LogP contribution in [0.4, 0.5) is 10.1 Å². The van der Waals surface area contributed by atoms with Crippen molar-refractivity contribution in [1.82, 2.24) is 5.32 Å². The van der Waals surface area contributed by atoms with Gasteiger partial charge in [0, 0.05) is 25.2 Å². The van der Waals surface area contributed by atoms with Gasteiger partial charge in [-0.15, -0.1) is 0 Å². The second-order valence-electron chi connectivity index (χ2n) is 7.34. The first kappa shape index (κ1) is 16.8. The number of nitrogens with zero attached hydrogens (tertiary/aromatic N) is 1. The Morgan fingerprint density at radius 1 is 1.00 bits per heavy atom. The summed E-state index contributed by atoms with van der Waals surface area (Å²) in [6, 6.07) is 6.69. The second-order valence-corrected chi connectivity index (χ2v) is 7.34. The first-order chi connectivity index (χ1) is 11.2. The van der Waals surface area contributed by atoms with E-state index in [1.54, 1.807) is 6.07 Å². The van der Waals surface area contributed by atoms with Gasteiger partial charge in [0.2, 0.25) is 0 Å². The molecule has 1 atom stereocenters. The molecule has 1 N–H and O–H groups in total. The maximum absolute atomic E-state index is 14.6. The van der Waals surface area contributed by atoms with Gasteiger partial charge in [-0.3, -0.25) is 0 Å². The van der Waals surface area contributed by atoms with E-state index in [1.807, 2.05) is 6.07 Å². The van der Waals surface area contributed by atoms with Crippen LogP contribution in [-0.2, 0) is 0 Å². The lowest BCUT2D eigenvalue weighted by molar-refractivity contribution is 0.346. The van der Waals surface area contributed by atoms with E-state index in [-0.39, 0.29) is 11.9 Å². The smallest absolute Gasteiger partial charge is 0.146 e. The fraction of sp³-hybridized carbons (Fsp3) is 0.700. The minimum atomic E-state index is -0.0540. The summed E-state index contributed by atoms with van der Waals surface area (Å²) in [4.78, 5) is 2.23. The van der Waals surface area contributed by atoms with Crippen molar-refractivity contribution < 1.29 is 4.39 Å². The van der Waals surface area contributed by atoms with Crippen LogP contribution in [0.25, 0.3) is 0 Å². The van der Waals surface area contributed by atoms with Crippen molar-refractivity contribution in [3.63, 3.8) is 0 Å². The fourth-order valence-electron chi connectivity index (χ4n) is 4.08. The van der Waals surface area contributed by atoms with Crippen molar-refractivity contribution in [2.45, 2.75) is 76.8 Å². The maximum Gasteiger partial charge on any atom is 0.146 e. The van der Waals surface area contributed by atoms with Crippen molar-refractivity contribution in [2.24, 2.45) is 0 Å². The van der Waals surface area contributed by atoms with E-state index in [4.69, 9.17) is 0 Å². The van der Waals surface area contributed by atoms with Gasteiger partial charge in [0.1, 0.15) is 5.82 Å². The summed E-state index contributed by atoms with van der Waals surface area (Å²) in [5.74, 6) is -0.0540. The van der Waals surface area contributed by atoms with Crippen molar-refractivity contribution >= 4 is 5.69 Å². The predicted molar refractivity (Wildman–Crippen MR) is 95.5 cm³/mol. The summed E-state index contributed by atoms with van der Waals surface area (Å²) in [5.41, 5.74) is 1.87. The lowest BCUT2D eigenvalue weighted by Gasteiger charge is -2.28. The highest BCUT2D eigenvalue weighted by Crippen LogP contribution is 2.27. The molecule has 1 aromatic rings. The van der Waals surface area contributed by atoms with E-state index in [9.17, 15) is 4.39 Å². The second kappa shape index (κ2) is 8.14. The quantitative estimate of drug-likeness (QED) is 0.822. The molecule has 1 aliphatic heterocycles. The van der Waals surface area contributed by atoms with E-state index in [0.717, 1.165) is 24.3 Å². The van der Waals surface area contributed by atoms with Crippen molar-refractivity contribution in [2.75, 3.05) is 18.0 Å². The molecule has 2 fully saturated rings. The molecule has 0 spiro atoms. The van der Waals surface area contributed by atoms with Crippen LogP contribution in [0.5, 0.6) is 0 Å². The summed E-state index contributed by atoms with van der Waals surface area (Å²) >= 11 is 0. The van der Waals surface area contributed by atoms with Crippen LogP contribution in [0.2, 0.25) is 0 Å². The van der Waals surface area contributed by atoms with E-state index in [0.29, 0.717) is 6.04 Å². The summed E-state index contributed by atoms with van der Waals surface area (Å²) in [5, 5.41) is 3.69. The molecule has 2 nitrogen and oxygen atoms in total. The molecule has 1 saturated carbocycles. The number of benzene rings is 1. The Balaban J connectivity index is 1.65. The molecule has 0 amide bonds. The largest absolute Gasteiger partial charge is 0.369 e. The van der Waals surface area contributed by atoms with Gasteiger partial charge in [-0.05, 0) is 50.3 Å². The van der Waals surface area contributed by atoms with Crippen LogP contribution >= 0.6 is 0 Å². The van der Waals surface area contributed by atoms with E-state index < -0.39 is 0 Å².